The van der Waals surface area contributed by atoms with Crippen molar-refractivity contribution < 1.29 is 4.79 Å². The molecule has 0 aromatic carbocycles. The number of nitrogens with zero attached hydrogens (tertiary/aromatic N) is 3. The summed E-state index contributed by atoms with van der Waals surface area (Å²) >= 11 is 2.85. The van der Waals surface area contributed by atoms with Crippen molar-refractivity contribution in [2.75, 3.05) is 20.1 Å². The number of aromatic nitrogens is 2. The molecule has 1 aliphatic heterocycles. The maximum atomic E-state index is 12.0. The number of hydrogen-bond acceptors (Lipinski definition) is 6. The van der Waals surface area contributed by atoms with Gasteiger partial charge in [-0.25, -0.2) is 0 Å². The zero-order valence-electron chi connectivity index (χ0n) is 11.9. The van der Waals surface area contributed by atoms with Gasteiger partial charge in [-0.1, -0.05) is 6.07 Å². The minimum absolute atomic E-state index is 0.123. The quantitative estimate of drug-likeness (QED) is 0.939. The third-order valence-electron chi connectivity index (χ3n) is 3.96. The largest absolute Gasteiger partial charge is 0.350 e. The van der Waals surface area contributed by atoms with Gasteiger partial charge in [-0.2, -0.15) is 8.75 Å². The first-order valence-corrected chi connectivity index (χ1v) is 8.66. The minimum Gasteiger partial charge on any atom is -0.350 e. The lowest BCUT2D eigenvalue weighted by atomic mass is 9.88. The van der Waals surface area contributed by atoms with Crippen LogP contribution in [0.1, 0.15) is 34.2 Å². The summed E-state index contributed by atoms with van der Waals surface area (Å²) in [6.07, 6.45) is 3.84. The summed E-state index contributed by atoms with van der Waals surface area (Å²) in [6.45, 7) is 1.80. The van der Waals surface area contributed by atoms with E-state index in [2.05, 4.69) is 43.5 Å². The summed E-state index contributed by atoms with van der Waals surface area (Å²) in [5.74, 6) is 0.319. The van der Waals surface area contributed by atoms with Crippen molar-refractivity contribution in [1.29, 1.82) is 0 Å². The number of amides is 1. The van der Waals surface area contributed by atoms with Crippen LogP contribution in [0.25, 0.3) is 0 Å². The van der Waals surface area contributed by atoms with Crippen molar-refractivity contribution in [2.24, 2.45) is 5.92 Å². The van der Waals surface area contributed by atoms with E-state index in [4.69, 9.17) is 0 Å². The van der Waals surface area contributed by atoms with E-state index in [9.17, 15) is 4.79 Å². The summed E-state index contributed by atoms with van der Waals surface area (Å²) in [7, 11) is 2.17. The number of rotatable bonds is 4. The SMILES string of the molecule is CN1CCC[C@H](CNC(=O)c2cnsn2)[C@H]1c1cccs1. The second-order valence-corrected chi connectivity index (χ2v) is 6.88. The van der Waals surface area contributed by atoms with Crippen molar-refractivity contribution >= 4 is 29.0 Å². The number of likely N-dealkylation sites (tertiary alicyclic amines) is 1. The van der Waals surface area contributed by atoms with Gasteiger partial charge < -0.3 is 5.32 Å². The predicted octanol–water partition coefficient (Wildman–Crippen LogP) is 2.41. The van der Waals surface area contributed by atoms with Crippen molar-refractivity contribution in [3.8, 4) is 0 Å². The monoisotopic (exact) mass is 322 g/mol. The first-order chi connectivity index (χ1) is 10.3. The average Bonchev–Trinajstić information content (AvgIpc) is 3.17. The zero-order chi connectivity index (χ0) is 14.7. The van der Waals surface area contributed by atoms with Gasteiger partial charge >= 0.3 is 0 Å². The third-order valence-corrected chi connectivity index (χ3v) is 5.38. The molecule has 0 spiro atoms. The molecule has 1 aliphatic rings. The van der Waals surface area contributed by atoms with E-state index in [1.165, 1.54) is 17.5 Å². The lowest BCUT2D eigenvalue weighted by molar-refractivity contribution is 0.0891. The van der Waals surface area contributed by atoms with E-state index >= 15 is 0 Å². The van der Waals surface area contributed by atoms with Crippen molar-refractivity contribution in [2.45, 2.75) is 18.9 Å². The van der Waals surface area contributed by atoms with Gasteiger partial charge in [-0.3, -0.25) is 9.69 Å². The lowest BCUT2D eigenvalue weighted by Crippen LogP contribution is -2.41. The number of hydrogen-bond donors (Lipinski definition) is 1. The molecule has 1 N–H and O–H groups in total. The molecule has 21 heavy (non-hydrogen) atoms. The van der Waals surface area contributed by atoms with Crippen LogP contribution in [0.4, 0.5) is 0 Å². The number of nitrogens with one attached hydrogen (secondary N) is 1. The molecule has 2 aromatic heterocycles. The molecule has 3 rings (SSSR count). The molecule has 112 valence electrons. The molecule has 1 saturated heterocycles. The fourth-order valence-electron chi connectivity index (χ4n) is 2.96. The van der Waals surface area contributed by atoms with E-state index in [-0.39, 0.29) is 5.91 Å². The van der Waals surface area contributed by atoms with Crippen molar-refractivity contribution in [3.05, 3.63) is 34.3 Å². The minimum atomic E-state index is -0.123. The molecular formula is C14H18N4OS2. The van der Waals surface area contributed by atoms with E-state index in [1.54, 1.807) is 11.3 Å². The lowest BCUT2D eigenvalue weighted by Gasteiger charge is -2.38. The van der Waals surface area contributed by atoms with Crippen LogP contribution in [0.5, 0.6) is 0 Å². The molecule has 3 heterocycles. The summed E-state index contributed by atoms with van der Waals surface area (Å²) in [6, 6.07) is 4.68. The van der Waals surface area contributed by atoms with Gasteiger partial charge in [-0.05, 0) is 43.8 Å². The standard InChI is InChI=1S/C14H18N4OS2/c1-18-6-2-4-10(13(18)12-5-3-7-20-12)8-15-14(19)11-9-16-21-17-11/h3,5,7,9-10,13H,2,4,6,8H2,1H3,(H,15,19)/t10-,13+/m1/s1. The molecule has 0 aliphatic carbocycles. The normalized spacial score (nSPS) is 23.1. The van der Waals surface area contributed by atoms with Crippen LogP contribution in [0.3, 0.4) is 0 Å². The van der Waals surface area contributed by atoms with E-state index < -0.39 is 0 Å². The molecule has 2 atom stereocenters. The Morgan fingerprint density at radius 3 is 3.19 bits per heavy atom. The molecule has 0 unspecified atom stereocenters. The fraction of sp³-hybridized carbons (Fsp3) is 0.500. The van der Waals surface area contributed by atoms with Crippen LogP contribution < -0.4 is 5.32 Å². The molecule has 2 aromatic rings. The van der Waals surface area contributed by atoms with E-state index in [0.717, 1.165) is 24.7 Å². The maximum absolute atomic E-state index is 12.0. The summed E-state index contributed by atoms with van der Waals surface area (Å²) in [5, 5.41) is 5.13. The Morgan fingerprint density at radius 1 is 1.57 bits per heavy atom. The summed E-state index contributed by atoms with van der Waals surface area (Å²) in [5.41, 5.74) is 0.414. The van der Waals surface area contributed by atoms with Gasteiger partial charge in [0.05, 0.1) is 17.9 Å². The molecule has 0 saturated carbocycles. The number of thiophene rings is 1. The Bertz CT molecular complexity index is 570. The summed E-state index contributed by atoms with van der Waals surface area (Å²) < 4.78 is 7.84. The smallest absolute Gasteiger partial charge is 0.272 e. The zero-order valence-corrected chi connectivity index (χ0v) is 13.5. The number of piperidine rings is 1. The fourth-order valence-corrected chi connectivity index (χ4v) is 4.36. The first-order valence-electron chi connectivity index (χ1n) is 7.05. The second-order valence-electron chi connectivity index (χ2n) is 5.35. The van der Waals surface area contributed by atoms with Crippen LogP contribution in [-0.2, 0) is 0 Å². The molecule has 1 fully saturated rings. The predicted molar refractivity (Wildman–Crippen MR) is 84.7 cm³/mol. The van der Waals surface area contributed by atoms with Crippen molar-refractivity contribution in [3.63, 3.8) is 0 Å². The topological polar surface area (TPSA) is 58.1 Å². The number of carbonyl (C=O) groups is 1. The Kier molecular flexibility index (Phi) is 4.62. The Hall–Kier alpha value is -1.31. The Labute approximate surface area is 132 Å². The molecule has 7 heteroatoms. The van der Waals surface area contributed by atoms with Gasteiger partial charge in [0.2, 0.25) is 0 Å². The highest BCUT2D eigenvalue weighted by molar-refractivity contribution is 7.10. The molecular weight excluding hydrogens is 304 g/mol. The highest BCUT2D eigenvalue weighted by Crippen LogP contribution is 2.36. The van der Waals surface area contributed by atoms with Crippen LogP contribution >= 0.6 is 23.1 Å². The Balaban J connectivity index is 1.66. The van der Waals surface area contributed by atoms with Crippen LogP contribution in [0, 0.1) is 5.92 Å². The first kappa shape index (κ1) is 14.6. The van der Waals surface area contributed by atoms with Crippen LogP contribution in [-0.4, -0.2) is 39.7 Å². The van der Waals surface area contributed by atoms with Gasteiger partial charge in [0.15, 0.2) is 5.69 Å². The molecule has 5 nitrogen and oxygen atoms in total. The average molecular weight is 322 g/mol. The van der Waals surface area contributed by atoms with Gasteiger partial charge in [0.1, 0.15) is 0 Å². The molecule has 0 bridgehead atoms. The number of carbonyl (C=O) groups excluding carboxylic acids is 1. The van der Waals surface area contributed by atoms with Crippen LogP contribution in [0.15, 0.2) is 23.7 Å². The van der Waals surface area contributed by atoms with E-state index in [0.29, 0.717) is 24.2 Å². The van der Waals surface area contributed by atoms with E-state index in [1.807, 2.05) is 0 Å². The van der Waals surface area contributed by atoms with Gasteiger partial charge in [0, 0.05) is 17.5 Å². The maximum Gasteiger partial charge on any atom is 0.272 e. The highest BCUT2D eigenvalue weighted by atomic mass is 32.1. The summed E-state index contributed by atoms with van der Waals surface area (Å²) in [4.78, 5) is 15.8. The van der Waals surface area contributed by atoms with Gasteiger partial charge in [0.25, 0.3) is 5.91 Å². The molecule has 0 radical (unpaired) electrons. The van der Waals surface area contributed by atoms with Crippen LogP contribution in [0.2, 0.25) is 0 Å². The highest BCUT2D eigenvalue weighted by Gasteiger charge is 2.31. The Morgan fingerprint density at radius 2 is 2.48 bits per heavy atom. The molecule has 1 amide bonds. The third kappa shape index (κ3) is 3.30. The second kappa shape index (κ2) is 6.64. The van der Waals surface area contributed by atoms with Crippen molar-refractivity contribution in [1.82, 2.24) is 19.0 Å². The van der Waals surface area contributed by atoms with Gasteiger partial charge in [-0.15, -0.1) is 11.3 Å².